The van der Waals surface area contributed by atoms with Crippen LogP contribution in [0.2, 0.25) is 0 Å². The number of benzene rings is 1. The van der Waals surface area contributed by atoms with Crippen molar-refractivity contribution in [1.29, 1.82) is 0 Å². The summed E-state index contributed by atoms with van der Waals surface area (Å²) in [4.78, 5) is 0. The average Bonchev–Trinajstić information content (AvgIpc) is 2.45. The highest BCUT2D eigenvalue weighted by Crippen LogP contribution is 2.29. The molecule has 0 fully saturated rings. The zero-order valence-corrected chi connectivity index (χ0v) is 6.13. The first kappa shape index (κ1) is 6.49. The first-order chi connectivity index (χ1) is 5.29. The monoisotopic (exact) mass is 150 g/mol. The molecule has 0 saturated carbocycles. The van der Waals surface area contributed by atoms with Gasteiger partial charge in [-0.3, -0.25) is 0 Å². The number of rotatable bonds is 0. The van der Waals surface area contributed by atoms with Crippen LogP contribution in [0.1, 0.15) is 11.1 Å². The lowest BCUT2D eigenvalue weighted by Gasteiger charge is -2.03. The van der Waals surface area contributed by atoms with Crippen molar-refractivity contribution in [1.82, 2.24) is 0 Å². The van der Waals surface area contributed by atoms with Crippen LogP contribution < -0.4 is 11.5 Å². The fraction of sp³-hybridized carbons (Fsp3) is 0.250. The molecule has 11 heavy (non-hydrogen) atoms. The van der Waals surface area contributed by atoms with Gasteiger partial charge in [-0.05, 0) is 12.1 Å². The number of hydrogen-bond donors (Lipinski definition) is 2. The molecule has 0 saturated heterocycles. The van der Waals surface area contributed by atoms with E-state index in [1.165, 1.54) is 0 Å². The summed E-state index contributed by atoms with van der Waals surface area (Å²) in [6.45, 7) is 1.21. The second kappa shape index (κ2) is 2.13. The smallest absolute Gasteiger partial charge is 0.0745 e. The van der Waals surface area contributed by atoms with Crippen LogP contribution in [-0.4, -0.2) is 0 Å². The van der Waals surface area contributed by atoms with Gasteiger partial charge < -0.3 is 16.2 Å². The van der Waals surface area contributed by atoms with Crippen molar-refractivity contribution in [3.05, 3.63) is 23.3 Å². The molecule has 1 aromatic rings. The number of ether oxygens (including phenoxy) is 1. The fourth-order valence-electron chi connectivity index (χ4n) is 1.33. The minimum Gasteiger partial charge on any atom is -0.398 e. The van der Waals surface area contributed by atoms with Crippen molar-refractivity contribution in [3.8, 4) is 0 Å². The molecule has 1 aliphatic heterocycles. The molecular formula is C8H10N2O. The molecule has 0 bridgehead atoms. The fourth-order valence-corrected chi connectivity index (χ4v) is 1.33. The topological polar surface area (TPSA) is 61.3 Å². The molecule has 0 amide bonds. The zero-order valence-electron chi connectivity index (χ0n) is 6.13. The van der Waals surface area contributed by atoms with Gasteiger partial charge in [0.2, 0.25) is 0 Å². The Morgan fingerprint density at radius 3 is 1.91 bits per heavy atom. The van der Waals surface area contributed by atoms with Gasteiger partial charge in [-0.2, -0.15) is 0 Å². The van der Waals surface area contributed by atoms with Gasteiger partial charge in [-0.15, -0.1) is 0 Å². The minimum atomic E-state index is 0.603. The van der Waals surface area contributed by atoms with Gasteiger partial charge in [-0.25, -0.2) is 0 Å². The first-order valence-corrected chi connectivity index (χ1v) is 3.52. The van der Waals surface area contributed by atoms with Crippen LogP contribution in [0.3, 0.4) is 0 Å². The van der Waals surface area contributed by atoms with Crippen molar-refractivity contribution in [2.24, 2.45) is 0 Å². The maximum absolute atomic E-state index is 5.71. The molecule has 0 radical (unpaired) electrons. The maximum Gasteiger partial charge on any atom is 0.0745 e. The Morgan fingerprint density at radius 1 is 1.00 bits per heavy atom. The Labute approximate surface area is 64.9 Å². The molecule has 58 valence electrons. The van der Waals surface area contributed by atoms with Crippen LogP contribution in [0, 0.1) is 0 Å². The summed E-state index contributed by atoms with van der Waals surface area (Å²) in [7, 11) is 0. The number of hydrogen-bond acceptors (Lipinski definition) is 3. The SMILES string of the molecule is Nc1ccc(N)c2c1COC2. The van der Waals surface area contributed by atoms with E-state index in [1.807, 2.05) is 12.1 Å². The Bertz CT molecular complexity index is 267. The van der Waals surface area contributed by atoms with Crippen molar-refractivity contribution in [2.75, 3.05) is 11.5 Å². The second-order valence-corrected chi connectivity index (χ2v) is 2.69. The van der Waals surface area contributed by atoms with Gasteiger partial charge in [0.15, 0.2) is 0 Å². The maximum atomic E-state index is 5.71. The van der Waals surface area contributed by atoms with Gasteiger partial charge in [0, 0.05) is 22.5 Å². The molecule has 0 atom stereocenters. The Kier molecular flexibility index (Phi) is 1.26. The molecule has 0 aromatic heterocycles. The van der Waals surface area contributed by atoms with Crippen LogP contribution in [0.5, 0.6) is 0 Å². The summed E-state index contributed by atoms with van der Waals surface area (Å²) in [5.74, 6) is 0. The number of nitrogens with two attached hydrogens (primary N) is 2. The number of fused-ring (bicyclic) bond motifs is 1. The number of nitrogen functional groups attached to an aromatic ring is 2. The van der Waals surface area contributed by atoms with E-state index in [9.17, 15) is 0 Å². The number of anilines is 2. The Hall–Kier alpha value is -1.22. The van der Waals surface area contributed by atoms with E-state index >= 15 is 0 Å². The molecule has 1 aliphatic rings. The highest BCUT2D eigenvalue weighted by Gasteiger charge is 2.15. The summed E-state index contributed by atoms with van der Waals surface area (Å²) < 4.78 is 5.22. The lowest BCUT2D eigenvalue weighted by Crippen LogP contribution is -1.97. The van der Waals surface area contributed by atoms with Crippen molar-refractivity contribution >= 4 is 11.4 Å². The van der Waals surface area contributed by atoms with E-state index in [0.29, 0.717) is 13.2 Å². The van der Waals surface area contributed by atoms with Crippen LogP contribution in [0.25, 0.3) is 0 Å². The molecule has 2 rings (SSSR count). The van der Waals surface area contributed by atoms with E-state index in [4.69, 9.17) is 16.2 Å². The van der Waals surface area contributed by atoms with Gasteiger partial charge in [0.05, 0.1) is 13.2 Å². The van der Waals surface area contributed by atoms with Crippen molar-refractivity contribution in [2.45, 2.75) is 13.2 Å². The lowest BCUT2D eigenvalue weighted by molar-refractivity contribution is 0.135. The minimum absolute atomic E-state index is 0.603. The van der Waals surface area contributed by atoms with E-state index < -0.39 is 0 Å². The standard InChI is InChI=1S/C8H10N2O/c9-7-1-2-8(10)6-4-11-3-5(6)7/h1-2H,3-4,9-10H2. The highest BCUT2D eigenvalue weighted by molar-refractivity contribution is 5.62. The molecule has 1 aromatic carbocycles. The summed E-state index contributed by atoms with van der Waals surface area (Å²) in [5, 5.41) is 0. The predicted octanol–water partition coefficient (Wildman–Crippen LogP) is 0.881. The Morgan fingerprint density at radius 2 is 1.45 bits per heavy atom. The third-order valence-electron chi connectivity index (χ3n) is 2.00. The molecule has 0 unspecified atom stereocenters. The van der Waals surface area contributed by atoms with E-state index in [-0.39, 0.29) is 0 Å². The molecular weight excluding hydrogens is 140 g/mol. The molecule has 0 aliphatic carbocycles. The largest absolute Gasteiger partial charge is 0.398 e. The van der Waals surface area contributed by atoms with Gasteiger partial charge in [0.25, 0.3) is 0 Å². The van der Waals surface area contributed by atoms with E-state index in [0.717, 1.165) is 22.5 Å². The summed E-state index contributed by atoms with van der Waals surface area (Å²) >= 11 is 0. The molecule has 4 N–H and O–H groups in total. The zero-order chi connectivity index (χ0) is 7.84. The van der Waals surface area contributed by atoms with E-state index in [2.05, 4.69) is 0 Å². The van der Waals surface area contributed by atoms with Crippen LogP contribution in [0.4, 0.5) is 11.4 Å². The molecule has 1 heterocycles. The third kappa shape index (κ3) is 0.851. The quantitative estimate of drug-likeness (QED) is 0.540. The Balaban J connectivity index is 2.64. The second-order valence-electron chi connectivity index (χ2n) is 2.69. The molecule has 0 spiro atoms. The van der Waals surface area contributed by atoms with Gasteiger partial charge in [0.1, 0.15) is 0 Å². The van der Waals surface area contributed by atoms with Crippen LogP contribution in [-0.2, 0) is 18.0 Å². The van der Waals surface area contributed by atoms with Crippen LogP contribution in [0.15, 0.2) is 12.1 Å². The van der Waals surface area contributed by atoms with Crippen molar-refractivity contribution in [3.63, 3.8) is 0 Å². The lowest BCUT2D eigenvalue weighted by atomic mass is 10.1. The van der Waals surface area contributed by atoms with Crippen molar-refractivity contribution < 1.29 is 4.74 Å². The van der Waals surface area contributed by atoms with Crippen LogP contribution >= 0.6 is 0 Å². The molecule has 3 nitrogen and oxygen atoms in total. The molecule has 3 heteroatoms. The summed E-state index contributed by atoms with van der Waals surface area (Å²) in [6.07, 6.45) is 0. The third-order valence-corrected chi connectivity index (χ3v) is 2.00. The van der Waals surface area contributed by atoms with Gasteiger partial charge in [-0.1, -0.05) is 0 Å². The average molecular weight is 150 g/mol. The predicted molar refractivity (Wildman–Crippen MR) is 43.8 cm³/mol. The summed E-state index contributed by atoms with van der Waals surface area (Å²) in [5.41, 5.74) is 15.1. The highest BCUT2D eigenvalue weighted by atomic mass is 16.5. The van der Waals surface area contributed by atoms with Gasteiger partial charge >= 0.3 is 0 Å². The van der Waals surface area contributed by atoms with E-state index in [1.54, 1.807) is 0 Å². The first-order valence-electron chi connectivity index (χ1n) is 3.52. The normalized spacial score (nSPS) is 14.9. The summed E-state index contributed by atoms with van der Waals surface area (Å²) in [6, 6.07) is 3.64.